The summed E-state index contributed by atoms with van der Waals surface area (Å²) in [4.78, 5) is 37.4. The highest BCUT2D eigenvalue weighted by Gasteiger charge is 2.22. The van der Waals surface area contributed by atoms with Gasteiger partial charge in [0.2, 0.25) is 0 Å². The van der Waals surface area contributed by atoms with Crippen molar-refractivity contribution in [2.24, 2.45) is 0 Å². The van der Waals surface area contributed by atoms with Crippen LogP contribution < -0.4 is 5.11 Å². The summed E-state index contributed by atoms with van der Waals surface area (Å²) in [7, 11) is 5.94. The van der Waals surface area contributed by atoms with Crippen molar-refractivity contribution < 1.29 is 42.9 Å². The first-order valence-corrected chi connectivity index (χ1v) is 35.9. The van der Waals surface area contributed by atoms with E-state index >= 15 is 0 Å². The average molecular weight is 1180 g/mol. The van der Waals surface area contributed by atoms with Crippen molar-refractivity contribution in [2.75, 3.05) is 47.5 Å². The summed E-state index contributed by atoms with van der Waals surface area (Å²) >= 11 is 0. The van der Waals surface area contributed by atoms with Crippen molar-refractivity contribution in [3.63, 3.8) is 0 Å². The Morgan fingerprint density at radius 1 is 0.369 bits per heavy atom. The number of carbonyl (C=O) groups excluding carboxylic acids is 3. The molecule has 0 fully saturated rings. The molecule has 0 aromatic rings. The lowest BCUT2D eigenvalue weighted by Gasteiger charge is -2.26. The van der Waals surface area contributed by atoms with Crippen LogP contribution in [0.25, 0.3) is 0 Å². The van der Waals surface area contributed by atoms with Crippen LogP contribution in [-0.2, 0) is 33.3 Å². The number of likely N-dealkylation sites (N-methyl/N-ethyl adjacent to an activating group) is 1. The zero-order chi connectivity index (χ0) is 61.2. The Hall–Kier alpha value is -3.01. The first kappa shape index (κ1) is 81.0. The number of hydrogen-bond acceptors (Lipinski definition) is 8. The molecule has 0 aliphatic carbocycles. The van der Waals surface area contributed by atoms with Gasteiger partial charge >= 0.3 is 11.9 Å². The fraction of sp³-hybridized carbons (Fsp3) is 0.827. The van der Waals surface area contributed by atoms with Gasteiger partial charge in [0.25, 0.3) is 0 Å². The zero-order valence-electron chi connectivity index (χ0n) is 56.0. The quantitative estimate of drug-likeness (QED) is 0.0195. The van der Waals surface area contributed by atoms with Gasteiger partial charge in [-0.3, -0.25) is 9.59 Å². The predicted octanol–water partition coefficient (Wildman–Crippen LogP) is 21.0. The number of esters is 2. The number of ether oxygens (including phenoxy) is 4. The van der Waals surface area contributed by atoms with Crippen LogP contribution in [0.5, 0.6) is 0 Å². The molecule has 0 N–H and O–H groups in total. The average Bonchev–Trinajstić information content (AvgIpc) is 3.52. The third kappa shape index (κ3) is 66.5. The first-order chi connectivity index (χ1) is 41.1. The molecular weight excluding hydrogens is 1040 g/mol. The van der Waals surface area contributed by atoms with Gasteiger partial charge in [0, 0.05) is 12.8 Å². The van der Waals surface area contributed by atoms with Crippen molar-refractivity contribution in [1.82, 2.24) is 0 Å². The van der Waals surface area contributed by atoms with Gasteiger partial charge in [-0.1, -0.05) is 331 Å². The van der Waals surface area contributed by atoms with Crippen molar-refractivity contribution in [3.05, 3.63) is 60.8 Å². The fourth-order valence-corrected chi connectivity index (χ4v) is 10.6. The van der Waals surface area contributed by atoms with Crippen LogP contribution in [-0.4, -0.2) is 82.3 Å². The molecule has 0 aliphatic rings. The summed E-state index contributed by atoms with van der Waals surface area (Å²) in [6, 6.07) is 0. The molecule has 0 heterocycles. The van der Waals surface area contributed by atoms with Crippen LogP contribution in [0.2, 0.25) is 0 Å². The highest BCUT2D eigenvalue weighted by Crippen LogP contribution is 2.19. The van der Waals surface area contributed by atoms with Gasteiger partial charge < -0.3 is 33.3 Å². The largest absolute Gasteiger partial charge is 0.545 e. The van der Waals surface area contributed by atoms with Crippen LogP contribution in [0.3, 0.4) is 0 Å². The third-order valence-electron chi connectivity index (χ3n) is 16.0. The number of carboxylic acids is 1. The Kier molecular flexibility index (Phi) is 63.6. The highest BCUT2D eigenvalue weighted by atomic mass is 16.7. The molecule has 0 saturated heterocycles. The maximum atomic E-state index is 12.9. The van der Waals surface area contributed by atoms with E-state index in [2.05, 4.69) is 74.6 Å². The number of carboxylic acid groups (broad SMARTS) is 1. The number of carbonyl (C=O) groups is 3. The molecule has 9 heteroatoms. The Labute approximate surface area is 520 Å². The Morgan fingerprint density at radius 2 is 0.679 bits per heavy atom. The Bertz CT molecular complexity index is 1560. The summed E-state index contributed by atoms with van der Waals surface area (Å²) in [6.45, 7) is 4.69. The van der Waals surface area contributed by atoms with E-state index in [0.29, 0.717) is 17.4 Å². The van der Waals surface area contributed by atoms with Crippen molar-refractivity contribution in [2.45, 2.75) is 354 Å². The van der Waals surface area contributed by atoms with Gasteiger partial charge in [-0.2, -0.15) is 0 Å². The molecule has 0 rings (SSSR count). The summed E-state index contributed by atoms with van der Waals surface area (Å²) in [5.74, 6) is -2.25. The van der Waals surface area contributed by atoms with Crippen LogP contribution in [0.4, 0.5) is 0 Å². The molecule has 0 spiro atoms. The Morgan fingerprint density at radius 3 is 1.01 bits per heavy atom. The summed E-state index contributed by atoms with van der Waals surface area (Å²) < 4.78 is 22.8. The molecule has 0 radical (unpaired) electrons. The minimum atomic E-state index is -1.62. The number of nitrogens with zero attached hydrogens (tertiary/aromatic N) is 1. The number of unbranched alkanes of at least 4 members (excludes halogenated alkanes) is 42. The van der Waals surface area contributed by atoms with E-state index < -0.39 is 24.3 Å². The van der Waals surface area contributed by atoms with Gasteiger partial charge in [-0.15, -0.1) is 0 Å². The molecule has 0 saturated carbocycles. The zero-order valence-corrected chi connectivity index (χ0v) is 56.0. The minimum absolute atomic E-state index is 0.151. The molecule has 0 aromatic heterocycles. The van der Waals surface area contributed by atoms with E-state index in [0.717, 1.165) is 70.6 Å². The molecule has 0 aliphatic heterocycles. The minimum Gasteiger partial charge on any atom is -0.545 e. The third-order valence-corrected chi connectivity index (χ3v) is 16.0. The number of quaternary nitrogens is 1. The lowest BCUT2D eigenvalue weighted by Crippen LogP contribution is -2.44. The molecule has 9 nitrogen and oxygen atoms in total. The van der Waals surface area contributed by atoms with Crippen LogP contribution in [0.1, 0.15) is 341 Å². The number of hydrogen-bond donors (Lipinski definition) is 0. The predicted molar refractivity (Wildman–Crippen MR) is 357 cm³/mol. The molecule has 0 bridgehead atoms. The number of allylic oxidation sites excluding steroid dienone is 10. The lowest BCUT2D eigenvalue weighted by atomic mass is 10.0. The Balaban J connectivity index is 3.94. The van der Waals surface area contributed by atoms with E-state index in [1.54, 1.807) is 0 Å². The maximum absolute atomic E-state index is 12.9. The van der Waals surface area contributed by atoms with E-state index in [-0.39, 0.29) is 32.2 Å². The molecule has 0 amide bonds. The maximum Gasteiger partial charge on any atom is 0.306 e. The van der Waals surface area contributed by atoms with Gasteiger partial charge in [-0.25, -0.2) is 0 Å². The van der Waals surface area contributed by atoms with Gasteiger partial charge in [-0.05, 0) is 57.8 Å². The second-order valence-corrected chi connectivity index (χ2v) is 25.5. The fourth-order valence-electron chi connectivity index (χ4n) is 10.6. The van der Waals surface area contributed by atoms with E-state index in [1.807, 2.05) is 21.1 Å². The summed E-state index contributed by atoms with van der Waals surface area (Å²) in [5.41, 5.74) is 0. The standard InChI is InChI=1S/C75H137NO8/c1-6-8-10-12-14-16-18-20-22-24-26-27-28-29-30-31-32-33-34-35-36-37-38-39-40-41-42-43-44-45-46-47-48-50-52-54-56-58-60-62-64-66-73(78)84-71(70-83-75(74(79)80)81-68-67-76(3,4)5)69-82-72(77)65-63-61-59-57-55-53-51-49-25-23-21-19-17-15-13-11-9-7-2/h8,10,14,16,20,22,26-27,29-30,71,75H,6-7,9,11-13,15,17-19,21,23-25,28,31-70H2,1-5H3/b10-8-,16-14-,22-20-,27-26-,30-29-. The van der Waals surface area contributed by atoms with Gasteiger partial charge in [0.1, 0.15) is 13.2 Å². The molecule has 490 valence electrons. The highest BCUT2D eigenvalue weighted by molar-refractivity contribution is 5.70. The molecule has 0 aromatic carbocycles. The van der Waals surface area contributed by atoms with Crippen molar-refractivity contribution in [1.29, 1.82) is 0 Å². The SMILES string of the molecule is CC/C=C\C/C=C\C/C=C\C/C=C\C/C=C\CCCCCCCCCCCCCCCCCCCCCCCCCCCC(=O)OC(COC(=O)CCCCCCCCCCCCCCCCCCCC)COC(OCC[N+](C)(C)C)C(=O)[O-]. The van der Waals surface area contributed by atoms with E-state index in [9.17, 15) is 19.5 Å². The molecule has 2 atom stereocenters. The van der Waals surface area contributed by atoms with Crippen LogP contribution in [0.15, 0.2) is 60.8 Å². The lowest BCUT2D eigenvalue weighted by molar-refractivity contribution is -0.870. The first-order valence-electron chi connectivity index (χ1n) is 35.9. The second kappa shape index (κ2) is 66.0. The molecule has 2 unspecified atom stereocenters. The molecule has 84 heavy (non-hydrogen) atoms. The van der Waals surface area contributed by atoms with Gasteiger partial charge in [0.15, 0.2) is 12.4 Å². The van der Waals surface area contributed by atoms with Gasteiger partial charge in [0.05, 0.1) is 40.3 Å². The monoisotopic (exact) mass is 1180 g/mol. The topological polar surface area (TPSA) is 111 Å². The van der Waals surface area contributed by atoms with Crippen LogP contribution in [0, 0.1) is 0 Å². The van der Waals surface area contributed by atoms with Crippen LogP contribution >= 0.6 is 0 Å². The summed E-state index contributed by atoms with van der Waals surface area (Å²) in [6.07, 6.45) is 83.2. The van der Waals surface area contributed by atoms with E-state index in [4.69, 9.17) is 18.9 Å². The van der Waals surface area contributed by atoms with E-state index in [1.165, 1.54) is 244 Å². The normalized spacial score (nSPS) is 13.0. The number of rotatable bonds is 67. The smallest absolute Gasteiger partial charge is 0.306 e. The molecular formula is C75H137NO8. The summed E-state index contributed by atoms with van der Waals surface area (Å²) in [5, 5.41) is 11.8. The van der Waals surface area contributed by atoms with Crippen molar-refractivity contribution >= 4 is 17.9 Å². The van der Waals surface area contributed by atoms with Crippen molar-refractivity contribution in [3.8, 4) is 0 Å². The second-order valence-electron chi connectivity index (χ2n) is 25.5. The number of aliphatic carboxylic acids is 1.